The van der Waals surface area contributed by atoms with Gasteiger partial charge in [0.1, 0.15) is 0 Å². The van der Waals surface area contributed by atoms with Crippen LogP contribution in [0.25, 0.3) is 5.57 Å². The Hall–Kier alpha value is -2.03. The van der Waals surface area contributed by atoms with Crippen molar-refractivity contribution in [2.45, 2.75) is 0 Å². The Bertz CT molecular complexity index is 636. The van der Waals surface area contributed by atoms with Crippen LogP contribution >= 0.6 is 23.2 Å². The molecule has 0 atom stereocenters. The summed E-state index contributed by atoms with van der Waals surface area (Å²) < 4.78 is 0. The van der Waals surface area contributed by atoms with Crippen LogP contribution in [-0.4, -0.2) is 11.1 Å². The first-order valence-electron chi connectivity index (χ1n) is 6.19. The van der Waals surface area contributed by atoms with E-state index in [9.17, 15) is 4.79 Å². The number of carbonyl (C=O) groups is 1. The zero-order valence-electron chi connectivity index (χ0n) is 11.0. The van der Waals surface area contributed by atoms with Crippen molar-refractivity contribution in [3.05, 3.63) is 87.9 Å². The van der Waals surface area contributed by atoms with E-state index < -0.39 is 5.97 Å². The van der Waals surface area contributed by atoms with Gasteiger partial charge in [-0.05, 0) is 41.0 Å². The maximum Gasteiger partial charge on any atom is 0.328 e. The van der Waals surface area contributed by atoms with Gasteiger partial charge in [0.25, 0.3) is 0 Å². The Kier molecular flexibility index (Phi) is 5.20. The smallest absolute Gasteiger partial charge is 0.328 e. The van der Waals surface area contributed by atoms with Crippen molar-refractivity contribution in [3.8, 4) is 0 Å². The molecule has 0 spiro atoms. The minimum absolute atomic E-state index is 0.648. The Balaban J connectivity index is 2.45. The van der Waals surface area contributed by atoms with Crippen LogP contribution in [0.2, 0.25) is 10.0 Å². The molecular formula is C17H12Cl2O2. The minimum atomic E-state index is -0.988. The van der Waals surface area contributed by atoms with Crippen molar-refractivity contribution in [2.75, 3.05) is 0 Å². The van der Waals surface area contributed by atoms with Gasteiger partial charge in [0, 0.05) is 16.1 Å². The standard InChI is InChI=1S/C17H12Cl2O2/c18-14-8-4-12(5-9-14)16(2-1-3-17(20)21)13-6-10-15(19)11-7-13/h1-11H,(H,20,21)/b3-1-. The zero-order chi connectivity index (χ0) is 15.2. The summed E-state index contributed by atoms with van der Waals surface area (Å²) in [6, 6.07) is 14.7. The number of halogens is 2. The van der Waals surface area contributed by atoms with Gasteiger partial charge in [-0.15, -0.1) is 0 Å². The van der Waals surface area contributed by atoms with Crippen LogP contribution in [-0.2, 0) is 4.79 Å². The third-order valence-electron chi connectivity index (χ3n) is 2.81. The fourth-order valence-electron chi connectivity index (χ4n) is 1.84. The van der Waals surface area contributed by atoms with Gasteiger partial charge in [-0.25, -0.2) is 4.79 Å². The van der Waals surface area contributed by atoms with Crippen LogP contribution < -0.4 is 0 Å². The highest BCUT2D eigenvalue weighted by molar-refractivity contribution is 6.31. The Morgan fingerprint density at radius 3 is 1.67 bits per heavy atom. The first-order chi connectivity index (χ1) is 10.1. The van der Waals surface area contributed by atoms with Crippen molar-refractivity contribution < 1.29 is 9.90 Å². The molecule has 1 N–H and O–H groups in total. The van der Waals surface area contributed by atoms with Crippen molar-refractivity contribution in [1.82, 2.24) is 0 Å². The molecule has 0 aliphatic rings. The predicted molar refractivity (Wildman–Crippen MR) is 86.8 cm³/mol. The summed E-state index contributed by atoms with van der Waals surface area (Å²) in [6.07, 6.45) is 4.34. The SMILES string of the molecule is O=C(O)/C=C\C=C(c1ccc(Cl)cc1)c1ccc(Cl)cc1. The van der Waals surface area contributed by atoms with E-state index in [1.54, 1.807) is 30.3 Å². The Labute approximate surface area is 132 Å². The van der Waals surface area contributed by atoms with Gasteiger partial charge in [0.05, 0.1) is 0 Å². The summed E-state index contributed by atoms with van der Waals surface area (Å²) in [5, 5.41) is 9.99. The van der Waals surface area contributed by atoms with Crippen molar-refractivity contribution in [2.24, 2.45) is 0 Å². The quantitative estimate of drug-likeness (QED) is 0.631. The number of allylic oxidation sites excluding steroid dienone is 2. The highest BCUT2D eigenvalue weighted by Crippen LogP contribution is 2.26. The highest BCUT2D eigenvalue weighted by atomic mass is 35.5. The van der Waals surface area contributed by atoms with E-state index in [0.717, 1.165) is 22.8 Å². The largest absolute Gasteiger partial charge is 0.478 e. The topological polar surface area (TPSA) is 37.3 Å². The summed E-state index contributed by atoms with van der Waals surface area (Å²) >= 11 is 11.8. The summed E-state index contributed by atoms with van der Waals surface area (Å²) in [4.78, 5) is 10.6. The Morgan fingerprint density at radius 2 is 1.29 bits per heavy atom. The summed E-state index contributed by atoms with van der Waals surface area (Å²) in [6.45, 7) is 0. The van der Waals surface area contributed by atoms with E-state index in [0.29, 0.717) is 10.0 Å². The molecule has 0 aromatic heterocycles. The lowest BCUT2D eigenvalue weighted by molar-refractivity contribution is -0.131. The number of rotatable bonds is 4. The number of hydrogen-bond donors (Lipinski definition) is 1. The van der Waals surface area contributed by atoms with Gasteiger partial charge in [-0.2, -0.15) is 0 Å². The lowest BCUT2D eigenvalue weighted by Gasteiger charge is -2.08. The molecule has 0 heterocycles. The van der Waals surface area contributed by atoms with Crippen LogP contribution in [0.3, 0.4) is 0 Å². The second-order valence-electron chi connectivity index (χ2n) is 4.29. The van der Waals surface area contributed by atoms with Crippen LogP contribution in [0.15, 0.2) is 66.8 Å². The molecule has 2 rings (SSSR count). The minimum Gasteiger partial charge on any atom is -0.478 e. The normalized spacial score (nSPS) is 10.6. The van der Waals surface area contributed by atoms with Gasteiger partial charge >= 0.3 is 5.97 Å². The van der Waals surface area contributed by atoms with Gasteiger partial charge in [0.15, 0.2) is 0 Å². The third kappa shape index (κ3) is 4.48. The number of benzene rings is 2. The number of carboxylic acids is 1. The van der Waals surface area contributed by atoms with Gasteiger partial charge < -0.3 is 5.11 Å². The summed E-state index contributed by atoms with van der Waals surface area (Å²) in [7, 11) is 0. The zero-order valence-corrected chi connectivity index (χ0v) is 12.5. The van der Waals surface area contributed by atoms with E-state index in [4.69, 9.17) is 28.3 Å². The van der Waals surface area contributed by atoms with Crippen molar-refractivity contribution in [1.29, 1.82) is 0 Å². The predicted octanol–water partition coefficient (Wildman–Crippen LogP) is 5.07. The number of hydrogen-bond acceptors (Lipinski definition) is 1. The molecule has 0 saturated heterocycles. The molecule has 0 bridgehead atoms. The van der Waals surface area contributed by atoms with E-state index in [2.05, 4.69) is 0 Å². The molecule has 2 aromatic carbocycles. The molecule has 2 nitrogen and oxygen atoms in total. The van der Waals surface area contributed by atoms with Crippen molar-refractivity contribution >= 4 is 34.7 Å². The first-order valence-corrected chi connectivity index (χ1v) is 6.95. The van der Waals surface area contributed by atoms with Gasteiger partial charge in [-0.3, -0.25) is 0 Å². The lowest BCUT2D eigenvalue weighted by Crippen LogP contribution is -1.89. The van der Waals surface area contributed by atoms with Crippen LogP contribution in [0.4, 0.5) is 0 Å². The fourth-order valence-corrected chi connectivity index (χ4v) is 2.10. The van der Waals surface area contributed by atoms with E-state index in [1.807, 2.05) is 24.3 Å². The highest BCUT2D eigenvalue weighted by Gasteiger charge is 2.04. The maximum absolute atomic E-state index is 10.6. The van der Waals surface area contributed by atoms with E-state index in [1.165, 1.54) is 6.08 Å². The van der Waals surface area contributed by atoms with Gasteiger partial charge in [0.2, 0.25) is 0 Å². The lowest BCUT2D eigenvalue weighted by atomic mass is 9.97. The van der Waals surface area contributed by atoms with Gasteiger partial charge in [-0.1, -0.05) is 59.6 Å². The third-order valence-corrected chi connectivity index (χ3v) is 3.32. The molecule has 0 unspecified atom stereocenters. The van der Waals surface area contributed by atoms with E-state index in [-0.39, 0.29) is 0 Å². The second-order valence-corrected chi connectivity index (χ2v) is 5.16. The second kappa shape index (κ2) is 7.11. The average molecular weight is 319 g/mol. The van der Waals surface area contributed by atoms with E-state index >= 15 is 0 Å². The molecule has 21 heavy (non-hydrogen) atoms. The molecule has 0 aliphatic heterocycles. The maximum atomic E-state index is 10.6. The molecule has 2 aromatic rings. The number of aliphatic carboxylic acids is 1. The molecule has 0 aliphatic carbocycles. The number of carboxylic acid groups (broad SMARTS) is 1. The average Bonchev–Trinajstić information content (AvgIpc) is 2.46. The molecule has 106 valence electrons. The summed E-state index contributed by atoms with van der Waals surface area (Å²) in [5.41, 5.74) is 2.77. The molecule has 0 saturated carbocycles. The van der Waals surface area contributed by atoms with Crippen LogP contribution in [0.1, 0.15) is 11.1 Å². The molecule has 0 amide bonds. The molecular weight excluding hydrogens is 307 g/mol. The Morgan fingerprint density at radius 1 is 0.857 bits per heavy atom. The molecule has 0 radical (unpaired) electrons. The summed E-state index contributed by atoms with van der Waals surface area (Å²) in [5.74, 6) is -0.988. The van der Waals surface area contributed by atoms with Crippen LogP contribution in [0.5, 0.6) is 0 Å². The van der Waals surface area contributed by atoms with Crippen LogP contribution in [0, 0.1) is 0 Å². The molecule has 4 heteroatoms. The molecule has 0 fully saturated rings. The first kappa shape index (κ1) is 15.4. The van der Waals surface area contributed by atoms with Crippen molar-refractivity contribution in [3.63, 3.8) is 0 Å². The monoisotopic (exact) mass is 318 g/mol. The fraction of sp³-hybridized carbons (Fsp3) is 0.